The largest absolute Gasteiger partial charge is 0.449 e. The molecule has 126 valence electrons. The maximum absolute atomic E-state index is 13.0. The number of fused-ring (bicyclic) bond motifs is 1. The highest BCUT2D eigenvalue weighted by Gasteiger charge is 2.37. The number of hydrogen-bond acceptors (Lipinski definition) is 3. The maximum Gasteiger partial charge on any atom is 0.449 e. The fourth-order valence-corrected chi connectivity index (χ4v) is 2.99. The molecule has 2 aromatic heterocycles. The predicted molar refractivity (Wildman–Crippen MR) is 86.0 cm³/mol. The molecule has 0 aliphatic rings. The Balaban J connectivity index is 2.24. The summed E-state index contributed by atoms with van der Waals surface area (Å²) in [5.74, 6) is -1.30. The van der Waals surface area contributed by atoms with Crippen LogP contribution in [0.1, 0.15) is 11.4 Å². The van der Waals surface area contributed by atoms with Gasteiger partial charge < -0.3 is 4.57 Å². The van der Waals surface area contributed by atoms with Crippen molar-refractivity contribution in [3.63, 3.8) is 0 Å². The molecule has 0 bridgehead atoms. The van der Waals surface area contributed by atoms with Crippen molar-refractivity contribution >= 4 is 38.7 Å². The van der Waals surface area contributed by atoms with Gasteiger partial charge in [-0.3, -0.25) is 9.36 Å². The lowest BCUT2D eigenvalue weighted by Gasteiger charge is -2.11. The third kappa shape index (κ3) is 2.82. The third-order valence-electron chi connectivity index (χ3n) is 3.48. The van der Waals surface area contributed by atoms with Crippen LogP contribution in [0.2, 0.25) is 5.02 Å². The van der Waals surface area contributed by atoms with Gasteiger partial charge in [-0.1, -0.05) is 29.8 Å². The normalized spacial score (nSPS) is 12.1. The quantitative estimate of drug-likeness (QED) is 0.594. The molecule has 2 heterocycles. The van der Waals surface area contributed by atoms with Gasteiger partial charge in [0.15, 0.2) is 15.9 Å². The van der Waals surface area contributed by atoms with Gasteiger partial charge in [-0.05, 0) is 27.6 Å². The Hall–Kier alpha value is -1.87. The average molecular weight is 422 g/mol. The van der Waals surface area contributed by atoms with Crippen molar-refractivity contribution in [1.82, 2.24) is 19.1 Å². The van der Waals surface area contributed by atoms with Crippen LogP contribution in [0.5, 0.6) is 0 Å². The molecule has 0 radical (unpaired) electrons. The Morgan fingerprint density at radius 2 is 1.92 bits per heavy atom. The van der Waals surface area contributed by atoms with Crippen LogP contribution in [-0.2, 0) is 19.8 Å². The predicted octanol–water partition coefficient (Wildman–Crippen LogP) is 3.61. The van der Waals surface area contributed by atoms with Crippen LogP contribution in [0.3, 0.4) is 0 Å². The van der Waals surface area contributed by atoms with Crippen LogP contribution in [0.25, 0.3) is 11.2 Å². The zero-order valence-electron chi connectivity index (χ0n) is 12.1. The summed E-state index contributed by atoms with van der Waals surface area (Å²) in [6, 6.07) is 6.96. The first-order valence-corrected chi connectivity index (χ1v) is 7.80. The molecule has 0 spiro atoms. The van der Waals surface area contributed by atoms with Gasteiger partial charge in [0.2, 0.25) is 5.82 Å². The second kappa shape index (κ2) is 5.89. The van der Waals surface area contributed by atoms with Crippen molar-refractivity contribution in [3.8, 4) is 0 Å². The van der Waals surface area contributed by atoms with E-state index in [-0.39, 0.29) is 22.4 Å². The number of aromatic nitrogens is 4. The number of halogens is 5. The minimum absolute atomic E-state index is 0.0303. The molecule has 10 heteroatoms. The number of rotatable bonds is 2. The fourth-order valence-electron chi connectivity index (χ4n) is 2.33. The van der Waals surface area contributed by atoms with Gasteiger partial charge in [-0.25, -0.2) is 9.97 Å². The Bertz CT molecular complexity index is 996. The van der Waals surface area contributed by atoms with Gasteiger partial charge in [0.1, 0.15) is 0 Å². The lowest BCUT2D eigenvalue weighted by molar-refractivity contribution is -0.147. The minimum Gasteiger partial charge on any atom is -0.308 e. The standard InChI is InChI=1S/C14H9BrClF3N4O/c1-22-11(24)9-10(20-12(22)14(17,18)19)21-13(15)23(9)6-7-4-2-3-5-8(7)16/h2-5H,6H2,1H3. The van der Waals surface area contributed by atoms with E-state index in [0.29, 0.717) is 15.2 Å². The molecule has 0 N–H and O–H groups in total. The average Bonchev–Trinajstić information content (AvgIpc) is 2.80. The van der Waals surface area contributed by atoms with E-state index in [2.05, 4.69) is 25.9 Å². The zero-order valence-corrected chi connectivity index (χ0v) is 14.4. The molecule has 0 saturated heterocycles. The Labute approximate surface area is 146 Å². The van der Waals surface area contributed by atoms with Crippen LogP contribution in [0.4, 0.5) is 13.2 Å². The molecule has 0 unspecified atom stereocenters. The second-order valence-electron chi connectivity index (χ2n) is 5.03. The molecular weight excluding hydrogens is 413 g/mol. The molecule has 0 fully saturated rings. The number of imidazole rings is 1. The number of nitrogens with zero attached hydrogens (tertiary/aromatic N) is 4. The van der Waals surface area contributed by atoms with Crippen molar-refractivity contribution in [2.45, 2.75) is 12.7 Å². The highest BCUT2D eigenvalue weighted by atomic mass is 79.9. The summed E-state index contributed by atoms with van der Waals surface area (Å²) < 4.78 is 41.0. The number of alkyl halides is 3. The van der Waals surface area contributed by atoms with Gasteiger partial charge in [0.05, 0.1) is 6.54 Å². The van der Waals surface area contributed by atoms with Gasteiger partial charge in [0.25, 0.3) is 5.56 Å². The van der Waals surface area contributed by atoms with Crippen LogP contribution >= 0.6 is 27.5 Å². The van der Waals surface area contributed by atoms with Crippen molar-refractivity contribution in [2.75, 3.05) is 0 Å². The zero-order chi connectivity index (χ0) is 17.6. The number of hydrogen-bond donors (Lipinski definition) is 0. The van der Waals surface area contributed by atoms with E-state index in [1.54, 1.807) is 24.3 Å². The molecule has 3 aromatic rings. The molecule has 5 nitrogen and oxygen atoms in total. The van der Waals surface area contributed by atoms with E-state index >= 15 is 0 Å². The van der Waals surface area contributed by atoms with E-state index in [1.807, 2.05) is 0 Å². The van der Waals surface area contributed by atoms with Crippen molar-refractivity contribution in [1.29, 1.82) is 0 Å². The molecule has 0 amide bonds. The Morgan fingerprint density at radius 1 is 1.25 bits per heavy atom. The molecule has 0 saturated carbocycles. The van der Waals surface area contributed by atoms with Crippen LogP contribution < -0.4 is 5.56 Å². The van der Waals surface area contributed by atoms with Crippen LogP contribution in [-0.4, -0.2) is 19.1 Å². The summed E-state index contributed by atoms with van der Waals surface area (Å²) in [6.07, 6.45) is -4.75. The van der Waals surface area contributed by atoms with Crippen molar-refractivity contribution in [2.24, 2.45) is 7.05 Å². The van der Waals surface area contributed by atoms with Gasteiger partial charge in [-0.15, -0.1) is 0 Å². The maximum atomic E-state index is 13.0. The Kier molecular flexibility index (Phi) is 4.16. The van der Waals surface area contributed by atoms with E-state index in [1.165, 1.54) is 4.57 Å². The monoisotopic (exact) mass is 420 g/mol. The van der Waals surface area contributed by atoms with Gasteiger partial charge in [-0.2, -0.15) is 13.2 Å². The fraction of sp³-hybridized carbons (Fsp3) is 0.214. The first kappa shape index (κ1) is 17.0. The summed E-state index contributed by atoms with van der Waals surface area (Å²) in [5, 5.41) is 0.475. The highest BCUT2D eigenvalue weighted by molar-refractivity contribution is 9.10. The molecule has 0 aliphatic carbocycles. The smallest absolute Gasteiger partial charge is 0.308 e. The van der Waals surface area contributed by atoms with E-state index in [4.69, 9.17) is 11.6 Å². The molecule has 24 heavy (non-hydrogen) atoms. The van der Waals surface area contributed by atoms with Crippen molar-refractivity contribution < 1.29 is 13.2 Å². The molecule has 1 aromatic carbocycles. The van der Waals surface area contributed by atoms with Gasteiger partial charge >= 0.3 is 6.18 Å². The van der Waals surface area contributed by atoms with E-state index in [9.17, 15) is 18.0 Å². The highest BCUT2D eigenvalue weighted by Crippen LogP contribution is 2.28. The molecule has 0 atom stereocenters. The number of benzene rings is 1. The van der Waals surface area contributed by atoms with Gasteiger partial charge in [0, 0.05) is 12.1 Å². The summed E-state index contributed by atoms with van der Waals surface area (Å²) in [4.78, 5) is 19.8. The van der Waals surface area contributed by atoms with Crippen LogP contribution in [0, 0.1) is 0 Å². The molecule has 3 rings (SSSR count). The molecule has 0 aliphatic heterocycles. The summed E-state index contributed by atoms with van der Waals surface area (Å²) >= 11 is 9.27. The summed E-state index contributed by atoms with van der Waals surface area (Å²) in [6.45, 7) is 0.166. The summed E-state index contributed by atoms with van der Waals surface area (Å²) in [7, 11) is 1.03. The minimum atomic E-state index is -4.75. The topological polar surface area (TPSA) is 52.7 Å². The van der Waals surface area contributed by atoms with Crippen LogP contribution in [0.15, 0.2) is 33.8 Å². The SMILES string of the molecule is Cn1c(C(F)(F)F)nc2nc(Br)n(Cc3ccccc3Cl)c2c1=O. The van der Waals surface area contributed by atoms with E-state index in [0.717, 1.165) is 7.05 Å². The first-order chi connectivity index (χ1) is 11.2. The van der Waals surface area contributed by atoms with E-state index < -0.39 is 17.6 Å². The first-order valence-electron chi connectivity index (χ1n) is 6.63. The van der Waals surface area contributed by atoms with Crippen molar-refractivity contribution in [3.05, 3.63) is 55.8 Å². The summed E-state index contributed by atoms with van der Waals surface area (Å²) in [5.41, 5.74) is -0.444. The Morgan fingerprint density at radius 3 is 2.54 bits per heavy atom. The lowest BCUT2D eigenvalue weighted by Crippen LogP contribution is -2.28. The third-order valence-corrected chi connectivity index (χ3v) is 4.45. The second-order valence-corrected chi connectivity index (χ2v) is 6.14. The lowest BCUT2D eigenvalue weighted by atomic mass is 10.2. The molecular formula is C14H9BrClF3N4O.